The summed E-state index contributed by atoms with van der Waals surface area (Å²) in [6.07, 6.45) is 0. The van der Waals surface area contributed by atoms with Crippen LogP contribution in [0.15, 0.2) is 34.8 Å². The van der Waals surface area contributed by atoms with Gasteiger partial charge in [0.2, 0.25) is 0 Å². The molecule has 0 aliphatic rings. The van der Waals surface area contributed by atoms with E-state index in [1.54, 1.807) is 12.1 Å². The van der Waals surface area contributed by atoms with Crippen molar-refractivity contribution in [3.8, 4) is 11.5 Å². The second-order valence-electron chi connectivity index (χ2n) is 5.12. The van der Waals surface area contributed by atoms with Crippen molar-refractivity contribution in [3.05, 3.63) is 51.0 Å². The molecule has 7 heteroatoms. The van der Waals surface area contributed by atoms with Crippen molar-refractivity contribution in [1.29, 1.82) is 0 Å². The second-order valence-corrected chi connectivity index (χ2v) is 6.39. The van der Waals surface area contributed by atoms with Crippen molar-refractivity contribution in [2.45, 2.75) is 20.4 Å². The van der Waals surface area contributed by atoms with Crippen LogP contribution < -0.4 is 14.8 Å². The number of carbonyl (C=O) groups is 1. The molecule has 134 valence electrons. The lowest BCUT2D eigenvalue weighted by Gasteiger charge is -2.15. The van der Waals surface area contributed by atoms with E-state index in [9.17, 15) is 4.79 Å². The fourth-order valence-corrected chi connectivity index (χ4v) is 3.08. The third-order valence-corrected chi connectivity index (χ3v) is 4.27. The van der Waals surface area contributed by atoms with Gasteiger partial charge in [0.25, 0.3) is 0 Å². The Hall–Kier alpha value is -1.92. The molecular formula is C18H19BrClNO4. The van der Waals surface area contributed by atoms with Gasteiger partial charge in [0.05, 0.1) is 28.3 Å². The Labute approximate surface area is 160 Å². The lowest BCUT2D eigenvalue weighted by Crippen LogP contribution is -2.05. The number of hydrogen-bond donors (Lipinski definition) is 2. The molecule has 0 aliphatic carbocycles. The monoisotopic (exact) mass is 427 g/mol. The Balaban J connectivity index is 2.20. The van der Waals surface area contributed by atoms with Gasteiger partial charge < -0.3 is 19.9 Å². The molecule has 0 radical (unpaired) electrons. The minimum Gasteiger partial charge on any atom is -0.490 e. The first-order chi connectivity index (χ1) is 12.0. The van der Waals surface area contributed by atoms with Crippen LogP contribution in [-0.2, 0) is 6.54 Å². The molecule has 2 aromatic carbocycles. The molecule has 0 saturated heterocycles. The van der Waals surface area contributed by atoms with E-state index < -0.39 is 5.97 Å². The quantitative estimate of drug-likeness (QED) is 0.604. The van der Waals surface area contributed by atoms with Gasteiger partial charge in [0.15, 0.2) is 11.5 Å². The lowest BCUT2D eigenvalue weighted by atomic mass is 10.1. The zero-order chi connectivity index (χ0) is 18.4. The lowest BCUT2D eigenvalue weighted by molar-refractivity contribution is 0.0697. The number of benzene rings is 2. The smallest absolute Gasteiger partial charge is 0.337 e. The fraction of sp³-hybridized carbons (Fsp3) is 0.278. The molecule has 0 amide bonds. The van der Waals surface area contributed by atoms with Crippen molar-refractivity contribution < 1.29 is 19.4 Å². The van der Waals surface area contributed by atoms with E-state index in [1.165, 1.54) is 6.07 Å². The highest BCUT2D eigenvalue weighted by molar-refractivity contribution is 9.10. The molecular weight excluding hydrogens is 410 g/mol. The molecule has 5 nitrogen and oxygen atoms in total. The number of hydrogen-bond acceptors (Lipinski definition) is 4. The summed E-state index contributed by atoms with van der Waals surface area (Å²) in [4.78, 5) is 11.2. The highest BCUT2D eigenvalue weighted by Crippen LogP contribution is 2.37. The molecule has 2 N–H and O–H groups in total. The van der Waals surface area contributed by atoms with Crippen LogP contribution >= 0.6 is 27.5 Å². The van der Waals surface area contributed by atoms with E-state index in [4.69, 9.17) is 26.2 Å². The first kappa shape index (κ1) is 19.4. The van der Waals surface area contributed by atoms with Crippen molar-refractivity contribution >= 4 is 39.2 Å². The molecule has 0 bridgehead atoms. The average molecular weight is 429 g/mol. The standard InChI is InChI=1S/C18H19BrClNO4/c1-3-24-16-8-11(7-14(19)17(16)25-4-2)10-21-12-5-6-15(20)13(9-12)18(22)23/h5-9,21H,3-4,10H2,1-2H3,(H,22,23). The second kappa shape index (κ2) is 8.97. The Morgan fingerprint density at radius 3 is 2.56 bits per heavy atom. The summed E-state index contributed by atoms with van der Waals surface area (Å²) < 4.78 is 12.1. The number of carboxylic acid groups (broad SMARTS) is 1. The Morgan fingerprint density at radius 1 is 1.20 bits per heavy atom. The summed E-state index contributed by atoms with van der Waals surface area (Å²) >= 11 is 9.39. The molecule has 0 atom stereocenters. The van der Waals surface area contributed by atoms with Crippen LogP contribution in [0.4, 0.5) is 5.69 Å². The van der Waals surface area contributed by atoms with Gasteiger partial charge in [-0.3, -0.25) is 0 Å². The first-order valence-electron chi connectivity index (χ1n) is 7.81. The van der Waals surface area contributed by atoms with Crippen LogP contribution in [0, 0.1) is 0 Å². The van der Waals surface area contributed by atoms with Crippen molar-refractivity contribution in [2.75, 3.05) is 18.5 Å². The number of nitrogens with one attached hydrogen (secondary N) is 1. The normalized spacial score (nSPS) is 10.4. The third-order valence-electron chi connectivity index (χ3n) is 3.35. The van der Waals surface area contributed by atoms with E-state index in [0.717, 1.165) is 10.0 Å². The van der Waals surface area contributed by atoms with E-state index in [-0.39, 0.29) is 10.6 Å². The van der Waals surface area contributed by atoms with E-state index >= 15 is 0 Å². The highest BCUT2D eigenvalue weighted by Gasteiger charge is 2.13. The van der Waals surface area contributed by atoms with E-state index in [0.29, 0.717) is 36.9 Å². The van der Waals surface area contributed by atoms with E-state index in [1.807, 2.05) is 26.0 Å². The first-order valence-corrected chi connectivity index (χ1v) is 8.98. The number of ether oxygens (including phenoxy) is 2. The molecule has 0 fully saturated rings. The van der Waals surface area contributed by atoms with Gasteiger partial charge in [-0.2, -0.15) is 0 Å². The molecule has 2 aromatic rings. The predicted octanol–water partition coefficient (Wildman–Crippen LogP) is 5.21. The van der Waals surface area contributed by atoms with Crippen LogP contribution in [0.25, 0.3) is 0 Å². The van der Waals surface area contributed by atoms with Crippen LogP contribution in [0.2, 0.25) is 5.02 Å². The SMILES string of the molecule is CCOc1cc(CNc2ccc(Cl)c(C(=O)O)c2)cc(Br)c1OCC. The number of aromatic carboxylic acids is 1. The number of rotatable bonds is 8. The van der Waals surface area contributed by atoms with Gasteiger partial charge in [-0.25, -0.2) is 4.79 Å². The maximum absolute atomic E-state index is 11.2. The van der Waals surface area contributed by atoms with E-state index in [2.05, 4.69) is 21.2 Å². The summed E-state index contributed by atoms with van der Waals surface area (Å²) in [6, 6.07) is 8.65. The van der Waals surface area contributed by atoms with Gasteiger partial charge >= 0.3 is 5.97 Å². The third kappa shape index (κ3) is 5.03. The molecule has 0 unspecified atom stereocenters. The summed E-state index contributed by atoms with van der Waals surface area (Å²) in [5.41, 5.74) is 1.70. The number of halogens is 2. The van der Waals surface area contributed by atoms with Gasteiger partial charge in [0.1, 0.15) is 0 Å². The topological polar surface area (TPSA) is 67.8 Å². The fourth-order valence-electron chi connectivity index (χ4n) is 2.27. The maximum Gasteiger partial charge on any atom is 0.337 e. The van der Waals surface area contributed by atoms with Gasteiger partial charge in [0, 0.05) is 12.2 Å². The molecule has 0 heterocycles. The molecule has 0 aliphatic heterocycles. The summed E-state index contributed by atoms with van der Waals surface area (Å²) in [5, 5.41) is 12.5. The summed E-state index contributed by atoms with van der Waals surface area (Å²) in [7, 11) is 0. The van der Waals surface area contributed by atoms with Crippen molar-refractivity contribution in [2.24, 2.45) is 0 Å². The van der Waals surface area contributed by atoms with Gasteiger partial charge in [-0.1, -0.05) is 11.6 Å². The van der Waals surface area contributed by atoms with Crippen LogP contribution in [0.3, 0.4) is 0 Å². The van der Waals surface area contributed by atoms with Gasteiger partial charge in [-0.15, -0.1) is 0 Å². The molecule has 2 rings (SSSR count). The summed E-state index contributed by atoms with van der Waals surface area (Å²) in [6.45, 7) is 5.39. The molecule has 25 heavy (non-hydrogen) atoms. The Morgan fingerprint density at radius 2 is 1.92 bits per heavy atom. The maximum atomic E-state index is 11.2. The Bertz CT molecular complexity index is 767. The van der Waals surface area contributed by atoms with Gasteiger partial charge in [-0.05, 0) is 65.7 Å². The zero-order valence-electron chi connectivity index (χ0n) is 13.9. The van der Waals surface area contributed by atoms with Crippen LogP contribution in [0.1, 0.15) is 29.8 Å². The minimum absolute atomic E-state index is 0.0644. The number of anilines is 1. The predicted molar refractivity (Wildman–Crippen MR) is 102 cm³/mol. The number of carboxylic acids is 1. The van der Waals surface area contributed by atoms with Crippen molar-refractivity contribution in [1.82, 2.24) is 0 Å². The summed E-state index contributed by atoms with van der Waals surface area (Å²) in [5.74, 6) is 0.279. The molecule has 0 spiro atoms. The average Bonchev–Trinajstić information content (AvgIpc) is 2.57. The van der Waals surface area contributed by atoms with Crippen molar-refractivity contribution in [3.63, 3.8) is 0 Å². The Kier molecular flexibility index (Phi) is 6.96. The largest absolute Gasteiger partial charge is 0.490 e. The minimum atomic E-state index is -1.06. The van der Waals surface area contributed by atoms with Crippen LogP contribution in [-0.4, -0.2) is 24.3 Å². The van der Waals surface area contributed by atoms with Crippen LogP contribution in [0.5, 0.6) is 11.5 Å². The molecule has 0 aromatic heterocycles. The molecule has 0 saturated carbocycles. The zero-order valence-corrected chi connectivity index (χ0v) is 16.3. The highest BCUT2D eigenvalue weighted by atomic mass is 79.9.